The molecule has 2 aromatic carbocycles. The molecule has 2 amide bonds. The van der Waals surface area contributed by atoms with Gasteiger partial charge in [-0.2, -0.15) is 0 Å². The van der Waals surface area contributed by atoms with Crippen LogP contribution in [0.4, 0.5) is 0 Å². The quantitative estimate of drug-likeness (QED) is 0.351. The van der Waals surface area contributed by atoms with E-state index in [1.165, 1.54) is 0 Å². The van der Waals surface area contributed by atoms with Gasteiger partial charge in [0.25, 0.3) is 5.91 Å². The molecule has 216 valence electrons. The Bertz CT molecular complexity index is 1180. The summed E-state index contributed by atoms with van der Waals surface area (Å²) in [6, 6.07) is 11.9. The number of nitrogens with one attached hydrogen (secondary N) is 2. The van der Waals surface area contributed by atoms with Crippen molar-refractivity contribution in [2.45, 2.75) is 90.3 Å². The Labute approximate surface area is 239 Å². The number of carbonyl (C=O) groups excluding carboxylic acids is 2. The van der Waals surface area contributed by atoms with Crippen LogP contribution >= 0.6 is 0 Å². The van der Waals surface area contributed by atoms with Gasteiger partial charge in [0.05, 0.1) is 36.8 Å². The predicted molar refractivity (Wildman–Crippen MR) is 157 cm³/mol. The van der Waals surface area contributed by atoms with Crippen LogP contribution in [-0.2, 0) is 11.2 Å². The molecule has 5 rings (SSSR count). The summed E-state index contributed by atoms with van der Waals surface area (Å²) < 4.78 is 12.7. The molecule has 2 fully saturated rings. The van der Waals surface area contributed by atoms with E-state index in [4.69, 9.17) is 9.47 Å². The number of unbranched alkanes of at least 4 members (excludes halogenated alkanes) is 2. The van der Waals surface area contributed by atoms with Gasteiger partial charge in [0.15, 0.2) is 11.5 Å². The molecular weight excluding hydrogens is 502 g/mol. The van der Waals surface area contributed by atoms with Crippen molar-refractivity contribution in [2.75, 3.05) is 26.3 Å². The molecule has 0 saturated carbocycles. The van der Waals surface area contributed by atoms with Crippen LogP contribution in [0.15, 0.2) is 36.4 Å². The van der Waals surface area contributed by atoms with E-state index in [-0.39, 0.29) is 35.9 Å². The van der Waals surface area contributed by atoms with Crippen molar-refractivity contribution >= 4 is 11.8 Å². The number of ether oxygens (including phenoxy) is 2. The molecule has 3 heterocycles. The smallest absolute Gasteiger partial charge is 0.256 e. The molecule has 3 aliphatic heterocycles. The van der Waals surface area contributed by atoms with Crippen molar-refractivity contribution in [3.63, 3.8) is 0 Å². The number of piperidine rings is 2. The number of hydrogen-bond acceptors (Lipinski definition) is 5. The van der Waals surface area contributed by atoms with Gasteiger partial charge in [0, 0.05) is 12.6 Å². The highest BCUT2D eigenvalue weighted by Gasteiger charge is 2.47. The monoisotopic (exact) mass is 547 g/mol. The van der Waals surface area contributed by atoms with Gasteiger partial charge in [0.1, 0.15) is 0 Å². The van der Waals surface area contributed by atoms with Crippen LogP contribution in [0.25, 0.3) is 0 Å². The summed E-state index contributed by atoms with van der Waals surface area (Å²) in [7, 11) is 0. The summed E-state index contributed by atoms with van der Waals surface area (Å²) in [6.07, 6.45) is 7.30. The van der Waals surface area contributed by atoms with Gasteiger partial charge in [-0.3, -0.25) is 9.59 Å². The van der Waals surface area contributed by atoms with Crippen LogP contribution in [-0.4, -0.2) is 49.1 Å². The van der Waals surface area contributed by atoms with Crippen LogP contribution in [0.5, 0.6) is 11.5 Å². The van der Waals surface area contributed by atoms with Gasteiger partial charge in [0.2, 0.25) is 5.91 Å². The third-order valence-corrected chi connectivity index (χ3v) is 8.74. The van der Waals surface area contributed by atoms with Crippen molar-refractivity contribution in [2.24, 2.45) is 5.92 Å². The summed E-state index contributed by atoms with van der Waals surface area (Å²) in [6.45, 7) is 8.96. The predicted octanol–water partition coefficient (Wildman–Crippen LogP) is 5.73. The van der Waals surface area contributed by atoms with Crippen LogP contribution in [0.1, 0.15) is 105 Å². The van der Waals surface area contributed by atoms with Gasteiger partial charge < -0.3 is 25.0 Å². The molecule has 0 unspecified atom stereocenters. The lowest BCUT2D eigenvalue weighted by Gasteiger charge is -2.49. The Morgan fingerprint density at radius 2 is 1.88 bits per heavy atom. The maximum Gasteiger partial charge on any atom is 0.256 e. The number of amides is 2. The van der Waals surface area contributed by atoms with E-state index in [1.54, 1.807) is 0 Å². The van der Waals surface area contributed by atoms with E-state index in [0.29, 0.717) is 43.2 Å². The van der Waals surface area contributed by atoms with Crippen molar-refractivity contribution in [3.8, 4) is 11.5 Å². The van der Waals surface area contributed by atoms with Gasteiger partial charge >= 0.3 is 0 Å². The first kappa shape index (κ1) is 28.5. The molecule has 7 nitrogen and oxygen atoms in total. The number of nitrogens with zero attached hydrogens (tertiary/aromatic N) is 1. The minimum Gasteiger partial charge on any atom is -0.490 e. The highest BCUT2D eigenvalue weighted by atomic mass is 16.5. The van der Waals surface area contributed by atoms with Gasteiger partial charge in [-0.25, -0.2) is 0 Å². The third kappa shape index (κ3) is 5.85. The molecule has 0 bridgehead atoms. The van der Waals surface area contributed by atoms with Crippen LogP contribution in [0.2, 0.25) is 0 Å². The molecule has 4 atom stereocenters. The van der Waals surface area contributed by atoms with Gasteiger partial charge in [-0.15, -0.1) is 0 Å². The van der Waals surface area contributed by atoms with E-state index in [2.05, 4.69) is 30.5 Å². The summed E-state index contributed by atoms with van der Waals surface area (Å²) >= 11 is 0. The van der Waals surface area contributed by atoms with E-state index in [9.17, 15) is 9.59 Å². The zero-order valence-corrected chi connectivity index (χ0v) is 24.3. The number of fused-ring (bicyclic) bond motifs is 4. The number of carbonyl (C=O) groups is 2. The topological polar surface area (TPSA) is 79.9 Å². The molecule has 0 radical (unpaired) electrons. The van der Waals surface area contributed by atoms with Crippen LogP contribution < -0.4 is 20.1 Å². The Hall–Kier alpha value is -3.06. The Balaban J connectivity index is 1.59. The number of rotatable bonds is 11. The minimum absolute atomic E-state index is 0.0267. The van der Waals surface area contributed by atoms with Crippen molar-refractivity contribution in [3.05, 3.63) is 58.7 Å². The van der Waals surface area contributed by atoms with Gasteiger partial charge in [-0.05, 0) is 74.8 Å². The Morgan fingerprint density at radius 3 is 2.62 bits per heavy atom. The fraction of sp³-hybridized carbons (Fsp3) is 0.576. The zero-order valence-electron chi connectivity index (χ0n) is 24.3. The average Bonchev–Trinajstić information content (AvgIpc) is 2.97. The molecule has 40 heavy (non-hydrogen) atoms. The summed E-state index contributed by atoms with van der Waals surface area (Å²) in [5, 5.41) is 6.87. The fourth-order valence-electron chi connectivity index (χ4n) is 6.52. The first-order valence-corrected chi connectivity index (χ1v) is 15.4. The second kappa shape index (κ2) is 13.1. The highest BCUT2D eigenvalue weighted by Crippen LogP contribution is 2.47. The van der Waals surface area contributed by atoms with Gasteiger partial charge in [-0.1, -0.05) is 57.0 Å². The first-order valence-electron chi connectivity index (χ1n) is 15.4. The molecular formula is C33H45N3O4. The summed E-state index contributed by atoms with van der Waals surface area (Å²) in [5.41, 5.74) is 3.62. The van der Waals surface area contributed by atoms with Crippen LogP contribution in [0, 0.1) is 5.92 Å². The zero-order chi connectivity index (χ0) is 28.1. The molecule has 7 heteroatoms. The molecule has 0 aliphatic carbocycles. The molecule has 0 aromatic heterocycles. The molecule has 2 aromatic rings. The van der Waals surface area contributed by atoms with Crippen molar-refractivity contribution < 1.29 is 19.1 Å². The largest absolute Gasteiger partial charge is 0.490 e. The third-order valence-electron chi connectivity index (χ3n) is 8.74. The molecule has 3 aliphatic rings. The summed E-state index contributed by atoms with van der Waals surface area (Å²) in [4.78, 5) is 30.1. The maximum absolute atomic E-state index is 14.3. The highest BCUT2D eigenvalue weighted by molar-refractivity contribution is 6.00. The van der Waals surface area contributed by atoms with E-state index >= 15 is 0 Å². The van der Waals surface area contributed by atoms with E-state index in [1.807, 2.05) is 42.2 Å². The second-order valence-corrected chi connectivity index (χ2v) is 11.5. The standard InChI is InChI=1S/C33H45N3O4/c1-4-6-18-39-28-20-24-15-17-36-27(21-26-25(33(36)38)14-11-16-34-26)29(24)30(31(28)40-19-7-5-2)32(37)35-22(3)23-12-9-8-10-13-23/h8-10,12-13,20,22,25-27,34H,4-7,11,14-19,21H2,1-3H3,(H,35,37)/t22-,25+,26+,27+/m1/s1. The maximum atomic E-state index is 14.3. The lowest BCUT2D eigenvalue weighted by atomic mass is 9.75. The lowest BCUT2D eigenvalue weighted by Crippen LogP contribution is -2.58. The second-order valence-electron chi connectivity index (χ2n) is 11.5. The number of benzene rings is 2. The van der Waals surface area contributed by atoms with E-state index in [0.717, 1.165) is 68.2 Å². The number of hydrogen-bond donors (Lipinski definition) is 2. The van der Waals surface area contributed by atoms with Crippen molar-refractivity contribution in [1.82, 2.24) is 15.5 Å². The minimum atomic E-state index is -0.186. The SMILES string of the molecule is CCCCOc1cc2c(c(C(=O)N[C@H](C)c3ccccc3)c1OCCCC)[C@@H]1C[C@@H]3NCCC[C@@H]3C(=O)N1CC2. The molecule has 2 saturated heterocycles. The van der Waals surface area contributed by atoms with Crippen molar-refractivity contribution in [1.29, 1.82) is 0 Å². The summed E-state index contributed by atoms with van der Waals surface area (Å²) in [5.74, 6) is 1.24. The molecule has 2 N–H and O–H groups in total. The Kier molecular flexibility index (Phi) is 9.30. The fourth-order valence-corrected chi connectivity index (χ4v) is 6.52. The Morgan fingerprint density at radius 1 is 1.12 bits per heavy atom. The van der Waals surface area contributed by atoms with Crippen LogP contribution in [0.3, 0.4) is 0 Å². The molecule has 0 spiro atoms. The van der Waals surface area contributed by atoms with E-state index < -0.39 is 0 Å². The first-order chi connectivity index (χ1) is 19.5. The lowest BCUT2D eigenvalue weighted by molar-refractivity contribution is -0.145. The normalized spacial score (nSPS) is 22.5. The average molecular weight is 548 g/mol.